The molecule has 1 atom stereocenters. The van der Waals surface area contributed by atoms with Gasteiger partial charge in [-0.3, -0.25) is 0 Å². The minimum Gasteiger partial charge on any atom is -0.388 e. The van der Waals surface area contributed by atoms with Crippen LogP contribution in [0.25, 0.3) is 0 Å². The molecule has 70 valence electrons. The molecule has 0 radical (unpaired) electrons. The van der Waals surface area contributed by atoms with E-state index in [1.54, 1.807) is 0 Å². The molecule has 2 rings (SSSR count). The maximum atomic E-state index is 9.75. The molecule has 1 aliphatic rings. The van der Waals surface area contributed by atoms with Crippen molar-refractivity contribution in [2.75, 3.05) is 12.4 Å². The van der Waals surface area contributed by atoms with E-state index < -0.39 is 0 Å². The molecule has 2 nitrogen and oxygen atoms in total. The topological polar surface area (TPSA) is 32.3 Å². The van der Waals surface area contributed by atoms with E-state index in [1.807, 2.05) is 19.2 Å². The SMILES string of the molecule is CNc1cccc2c1CCCC2O. The molecule has 0 aromatic heterocycles. The van der Waals surface area contributed by atoms with Gasteiger partial charge in [0, 0.05) is 12.7 Å². The number of aliphatic hydroxyl groups is 1. The Morgan fingerprint density at radius 1 is 1.46 bits per heavy atom. The lowest BCUT2D eigenvalue weighted by Gasteiger charge is -2.23. The zero-order valence-corrected chi connectivity index (χ0v) is 7.88. The minimum atomic E-state index is -0.253. The van der Waals surface area contributed by atoms with Gasteiger partial charge in [-0.2, -0.15) is 0 Å². The highest BCUT2D eigenvalue weighted by Crippen LogP contribution is 2.33. The van der Waals surface area contributed by atoms with E-state index in [0.29, 0.717) is 0 Å². The van der Waals surface area contributed by atoms with Crippen LogP contribution in [0.4, 0.5) is 5.69 Å². The van der Waals surface area contributed by atoms with Crippen molar-refractivity contribution in [1.82, 2.24) is 0 Å². The fourth-order valence-corrected chi connectivity index (χ4v) is 2.06. The molecule has 2 heteroatoms. The Bertz CT molecular complexity index is 309. The van der Waals surface area contributed by atoms with E-state index in [1.165, 1.54) is 5.56 Å². The van der Waals surface area contributed by atoms with Gasteiger partial charge < -0.3 is 10.4 Å². The number of rotatable bonds is 1. The van der Waals surface area contributed by atoms with Gasteiger partial charge in [0.1, 0.15) is 0 Å². The molecule has 0 spiro atoms. The van der Waals surface area contributed by atoms with Crippen LogP contribution in [0.2, 0.25) is 0 Å². The quantitative estimate of drug-likeness (QED) is 0.688. The fourth-order valence-electron chi connectivity index (χ4n) is 2.06. The lowest BCUT2D eigenvalue weighted by molar-refractivity contribution is 0.157. The number of anilines is 1. The van der Waals surface area contributed by atoms with Gasteiger partial charge in [0.2, 0.25) is 0 Å². The van der Waals surface area contributed by atoms with Gasteiger partial charge in [0.25, 0.3) is 0 Å². The second-order valence-corrected chi connectivity index (χ2v) is 3.53. The third-order valence-electron chi connectivity index (χ3n) is 2.74. The third kappa shape index (κ3) is 1.42. The van der Waals surface area contributed by atoms with Crippen LogP contribution in [0, 0.1) is 0 Å². The normalized spacial score (nSPS) is 20.9. The van der Waals surface area contributed by atoms with Gasteiger partial charge >= 0.3 is 0 Å². The number of benzene rings is 1. The first-order chi connectivity index (χ1) is 6.33. The fraction of sp³-hybridized carbons (Fsp3) is 0.455. The van der Waals surface area contributed by atoms with Crippen molar-refractivity contribution in [3.8, 4) is 0 Å². The van der Waals surface area contributed by atoms with E-state index in [0.717, 1.165) is 30.5 Å². The predicted molar refractivity (Wildman–Crippen MR) is 53.9 cm³/mol. The third-order valence-corrected chi connectivity index (χ3v) is 2.74. The second kappa shape index (κ2) is 3.38. The molecule has 0 amide bonds. The first kappa shape index (κ1) is 8.57. The van der Waals surface area contributed by atoms with Crippen molar-refractivity contribution in [2.45, 2.75) is 25.4 Å². The number of nitrogens with one attached hydrogen (secondary N) is 1. The maximum absolute atomic E-state index is 9.75. The van der Waals surface area contributed by atoms with Crippen LogP contribution in [-0.4, -0.2) is 12.2 Å². The summed E-state index contributed by atoms with van der Waals surface area (Å²) in [5.74, 6) is 0. The number of hydrogen-bond acceptors (Lipinski definition) is 2. The molecule has 0 aliphatic heterocycles. The van der Waals surface area contributed by atoms with E-state index in [4.69, 9.17) is 0 Å². The van der Waals surface area contributed by atoms with Gasteiger partial charge in [-0.1, -0.05) is 12.1 Å². The van der Waals surface area contributed by atoms with E-state index >= 15 is 0 Å². The van der Waals surface area contributed by atoms with Crippen molar-refractivity contribution in [2.24, 2.45) is 0 Å². The minimum absolute atomic E-state index is 0.253. The van der Waals surface area contributed by atoms with Crippen LogP contribution >= 0.6 is 0 Å². The molecule has 1 unspecified atom stereocenters. The molecule has 0 heterocycles. The van der Waals surface area contributed by atoms with E-state index in [2.05, 4.69) is 11.4 Å². The Morgan fingerprint density at radius 3 is 3.08 bits per heavy atom. The molecular weight excluding hydrogens is 162 g/mol. The summed E-state index contributed by atoms with van der Waals surface area (Å²) in [6.45, 7) is 0. The van der Waals surface area contributed by atoms with Gasteiger partial charge in [-0.15, -0.1) is 0 Å². The van der Waals surface area contributed by atoms with Crippen molar-refractivity contribution >= 4 is 5.69 Å². The first-order valence-corrected chi connectivity index (χ1v) is 4.80. The highest BCUT2D eigenvalue weighted by molar-refractivity contribution is 5.55. The largest absolute Gasteiger partial charge is 0.388 e. The summed E-state index contributed by atoms with van der Waals surface area (Å²) in [4.78, 5) is 0. The molecule has 0 fully saturated rings. The predicted octanol–water partition coefficient (Wildman–Crippen LogP) is 2.10. The molecule has 2 N–H and O–H groups in total. The molecule has 13 heavy (non-hydrogen) atoms. The van der Waals surface area contributed by atoms with Crippen molar-refractivity contribution in [3.05, 3.63) is 29.3 Å². The van der Waals surface area contributed by atoms with Gasteiger partial charge in [-0.05, 0) is 36.5 Å². The lowest BCUT2D eigenvalue weighted by Crippen LogP contribution is -2.11. The van der Waals surface area contributed by atoms with Crippen LogP contribution in [0.15, 0.2) is 18.2 Å². The average molecular weight is 177 g/mol. The monoisotopic (exact) mass is 177 g/mol. The van der Waals surface area contributed by atoms with Crippen molar-refractivity contribution in [1.29, 1.82) is 0 Å². The summed E-state index contributed by atoms with van der Waals surface area (Å²) in [7, 11) is 1.93. The van der Waals surface area contributed by atoms with Crippen LogP contribution in [0.1, 0.15) is 30.1 Å². The second-order valence-electron chi connectivity index (χ2n) is 3.53. The van der Waals surface area contributed by atoms with Crippen LogP contribution in [0.5, 0.6) is 0 Å². The Kier molecular flexibility index (Phi) is 2.23. The highest BCUT2D eigenvalue weighted by Gasteiger charge is 2.19. The van der Waals surface area contributed by atoms with Crippen LogP contribution < -0.4 is 5.32 Å². The average Bonchev–Trinajstić information content (AvgIpc) is 2.18. The standard InChI is InChI=1S/C11H15NO/c1-12-10-6-2-5-9-8(10)4-3-7-11(9)13/h2,5-6,11-13H,3-4,7H2,1H3. The summed E-state index contributed by atoms with van der Waals surface area (Å²) in [5, 5.41) is 12.9. The Labute approximate surface area is 78.6 Å². The summed E-state index contributed by atoms with van der Waals surface area (Å²) in [6, 6.07) is 6.09. The van der Waals surface area contributed by atoms with E-state index in [-0.39, 0.29) is 6.10 Å². The van der Waals surface area contributed by atoms with Crippen molar-refractivity contribution < 1.29 is 5.11 Å². The lowest BCUT2D eigenvalue weighted by atomic mass is 9.88. The zero-order chi connectivity index (χ0) is 9.26. The Hall–Kier alpha value is -1.02. The summed E-state index contributed by atoms with van der Waals surface area (Å²) < 4.78 is 0. The molecule has 0 saturated heterocycles. The molecule has 1 aromatic carbocycles. The number of aliphatic hydroxyl groups excluding tert-OH is 1. The molecule has 1 aliphatic carbocycles. The van der Waals surface area contributed by atoms with Crippen molar-refractivity contribution in [3.63, 3.8) is 0 Å². The van der Waals surface area contributed by atoms with Crippen LogP contribution in [0.3, 0.4) is 0 Å². The molecule has 0 bridgehead atoms. The van der Waals surface area contributed by atoms with Gasteiger partial charge in [0.05, 0.1) is 6.10 Å². The first-order valence-electron chi connectivity index (χ1n) is 4.80. The number of fused-ring (bicyclic) bond motifs is 1. The highest BCUT2D eigenvalue weighted by atomic mass is 16.3. The summed E-state index contributed by atoms with van der Waals surface area (Å²) in [6.07, 6.45) is 2.83. The number of hydrogen-bond donors (Lipinski definition) is 2. The molecule has 1 aromatic rings. The zero-order valence-electron chi connectivity index (χ0n) is 7.88. The molecular formula is C11H15NO. The Balaban J connectivity index is 2.48. The summed E-state index contributed by atoms with van der Waals surface area (Å²) >= 11 is 0. The maximum Gasteiger partial charge on any atom is 0.0793 e. The van der Waals surface area contributed by atoms with Gasteiger partial charge in [-0.25, -0.2) is 0 Å². The van der Waals surface area contributed by atoms with Gasteiger partial charge in [0.15, 0.2) is 0 Å². The van der Waals surface area contributed by atoms with E-state index in [9.17, 15) is 5.11 Å². The Morgan fingerprint density at radius 2 is 2.31 bits per heavy atom. The smallest absolute Gasteiger partial charge is 0.0793 e. The summed E-state index contributed by atoms with van der Waals surface area (Å²) in [5.41, 5.74) is 3.57. The molecule has 0 saturated carbocycles. The van der Waals surface area contributed by atoms with Crippen LogP contribution in [-0.2, 0) is 6.42 Å².